The number of carbonyl (C=O) groups is 2. The lowest BCUT2D eigenvalue weighted by atomic mass is 10.1. The maximum absolute atomic E-state index is 12.5. The maximum atomic E-state index is 12.5. The molecule has 2 N–H and O–H groups in total. The predicted molar refractivity (Wildman–Crippen MR) is 96.5 cm³/mol. The van der Waals surface area contributed by atoms with Gasteiger partial charge in [-0.2, -0.15) is 10.5 Å². The van der Waals surface area contributed by atoms with Gasteiger partial charge in [-0.25, -0.2) is 0 Å². The van der Waals surface area contributed by atoms with E-state index in [-0.39, 0.29) is 31.9 Å². The molecule has 1 aliphatic rings. The SMILES string of the molecule is C[C@H](NC(=O)[C@@H]1CCCN1c1c(Cl)c(Cl)c(C#N)c(Cl)c1C#N)C(=O)O. The topological polar surface area (TPSA) is 117 Å². The molecule has 0 spiro atoms. The van der Waals surface area contributed by atoms with Gasteiger partial charge in [-0.15, -0.1) is 0 Å². The van der Waals surface area contributed by atoms with E-state index in [4.69, 9.17) is 39.9 Å². The van der Waals surface area contributed by atoms with E-state index in [0.29, 0.717) is 19.4 Å². The number of hydrogen-bond acceptors (Lipinski definition) is 5. The number of amides is 1. The molecule has 0 aliphatic carbocycles. The summed E-state index contributed by atoms with van der Waals surface area (Å²) in [4.78, 5) is 25.0. The molecule has 0 saturated carbocycles. The first kappa shape index (κ1) is 20.1. The van der Waals surface area contributed by atoms with E-state index < -0.39 is 24.0 Å². The van der Waals surface area contributed by atoms with Crippen LogP contribution in [0.1, 0.15) is 30.9 Å². The molecule has 1 aliphatic heterocycles. The molecule has 26 heavy (non-hydrogen) atoms. The van der Waals surface area contributed by atoms with E-state index in [1.807, 2.05) is 6.07 Å². The van der Waals surface area contributed by atoms with E-state index in [2.05, 4.69) is 5.32 Å². The van der Waals surface area contributed by atoms with Crippen molar-refractivity contribution in [1.82, 2.24) is 5.32 Å². The van der Waals surface area contributed by atoms with Gasteiger partial charge in [-0.3, -0.25) is 9.59 Å². The van der Waals surface area contributed by atoms with Crippen molar-refractivity contribution in [2.75, 3.05) is 11.4 Å². The fourth-order valence-corrected chi connectivity index (χ4v) is 3.64. The summed E-state index contributed by atoms with van der Waals surface area (Å²) in [6.07, 6.45) is 1.06. The van der Waals surface area contributed by atoms with Gasteiger partial charge < -0.3 is 15.3 Å². The van der Waals surface area contributed by atoms with Crippen LogP contribution in [0.4, 0.5) is 5.69 Å². The van der Waals surface area contributed by atoms with Crippen LogP contribution in [-0.2, 0) is 9.59 Å². The van der Waals surface area contributed by atoms with Crippen molar-refractivity contribution in [3.63, 3.8) is 0 Å². The van der Waals surface area contributed by atoms with Crippen LogP contribution < -0.4 is 10.2 Å². The molecule has 2 rings (SSSR count). The monoisotopic (exact) mass is 414 g/mol. The van der Waals surface area contributed by atoms with Crippen molar-refractivity contribution in [3.05, 3.63) is 26.2 Å². The molecule has 1 fully saturated rings. The minimum absolute atomic E-state index is 0.0462. The minimum atomic E-state index is -1.16. The molecule has 136 valence electrons. The molecule has 1 amide bonds. The van der Waals surface area contributed by atoms with Gasteiger partial charge in [0.2, 0.25) is 5.91 Å². The summed E-state index contributed by atoms with van der Waals surface area (Å²) in [6, 6.07) is 1.91. The standard InChI is InChI=1S/C16H13Cl3N4O3/c1-7(16(25)26)22-15(24)10-3-2-4-23(10)14-9(6-21)11(17)8(5-20)12(18)13(14)19/h7,10H,2-4H2,1H3,(H,22,24)(H,25,26)/t7-,10-/m0/s1. The molecule has 0 aromatic heterocycles. The van der Waals surface area contributed by atoms with Gasteiger partial charge in [0.15, 0.2) is 0 Å². The molecule has 7 nitrogen and oxygen atoms in total. The lowest BCUT2D eigenvalue weighted by Crippen LogP contribution is -2.48. The first-order chi connectivity index (χ1) is 12.2. The van der Waals surface area contributed by atoms with Crippen molar-refractivity contribution in [3.8, 4) is 12.1 Å². The van der Waals surface area contributed by atoms with Crippen LogP contribution in [0, 0.1) is 22.7 Å². The van der Waals surface area contributed by atoms with Crippen molar-refractivity contribution >= 4 is 52.4 Å². The van der Waals surface area contributed by atoms with Crippen molar-refractivity contribution in [2.24, 2.45) is 0 Å². The van der Waals surface area contributed by atoms with E-state index >= 15 is 0 Å². The molecule has 10 heteroatoms. The van der Waals surface area contributed by atoms with Gasteiger partial charge in [-0.05, 0) is 19.8 Å². The number of rotatable bonds is 4. The smallest absolute Gasteiger partial charge is 0.325 e. The second kappa shape index (κ2) is 8.01. The molecule has 1 saturated heterocycles. The number of halogens is 3. The zero-order chi connectivity index (χ0) is 19.6. The summed E-state index contributed by atoms with van der Waals surface area (Å²) in [6.45, 7) is 1.75. The highest BCUT2D eigenvalue weighted by Gasteiger charge is 2.36. The fraction of sp³-hybridized carbons (Fsp3) is 0.375. The summed E-state index contributed by atoms with van der Waals surface area (Å²) >= 11 is 18.5. The number of carboxylic acids is 1. The molecular formula is C16H13Cl3N4O3. The lowest BCUT2D eigenvalue weighted by molar-refractivity contribution is -0.141. The first-order valence-electron chi connectivity index (χ1n) is 7.55. The van der Waals surface area contributed by atoms with Crippen LogP contribution in [0.3, 0.4) is 0 Å². The van der Waals surface area contributed by atoms with Gasteiger partial charge in [0.1, 0.15) is 24.2 Å². The second-order valence-electron chi connectivity index (χ2n) is 5.68. The van der Waals surface area contributed by atoms with E-state index in [0.717, 1.165) is 0 Å². The van der Waals surface area contributed by atoms with Crippen molar-refractivity contribution in [2.45, 2.75) is 31.8 Å². The van der Waals surface area contributed by atoms with Crippen LogP contribution in [0.25, 0.3) is 0 Å². The number of hydrogen-bond donors (Lipinski definition) is 2. The Bertz CT molecular complexity index is 860. The summed E-state index contributed by atoms with van der Waals surface area (Å²) in [7, 11) is 0. The Hall–Kier alpha value is -2.19. The summed E-state index contributed by atoms with van der Waals surface area (Å²) < 4.78 is 0. The second-order valence-corrected chi connectivity index (χ2v) is 6.82. The molecule has 2 atom stereocenters. The molecule has 1 aromatic carbocycles. The Morgan fingerprint density at radius 3 is 2.35 bits per heavy atom. The highest BCUT2D eigenvalue weighted by molar-refractivity contribution is 6.46. The van der Waals surface area contributed by atoms with Crippen molar-refractivity contribution < 1.29 is 14.7 Å². The number of nitrogens with zero attached hydrogens (tertiary/aromatic N) is 3. The lowest BCUT2D eigenvalue weighted by Gasteiger charge is -2.29. The molecule has 1 aromatic rings. The zero-order valence-corrected chi connectivity index (χ0v) is 15.8. The zero-order valence-electron chi connectivity index (χ0n) is 13.5. The van der Waals surface area contributed by atoms with Gasteiger partial charge in [-0.1, -0.05) is 34.8 Å². The normalized spacial score (nSPS) is 17.3. The van der Waals surface area contributed by atoms with Crippen molar-refractivity contribution in [1.29, 1.82) is 10.5 Å². The third-order valence-corrected chi connectivity index (χ3v) is 5.31. The van der Waals surface area contributed by atoms with Crippen LogP contribution in [0.15, 0.2) is 0 Å². The number of anilines is 1. The van der Waals surface area contributed by atoms with Gasteiger partial charge in [0.25, 0.3) is 0 Å². The Kier molecular flexibility index (Phi) is 6.20. The predicted octanol–water partition coefficient (Wildman–Crippen LogP) is 2.95. The molecule has 0 bridgehead atoms. The quantitative estimate of drug-likeness (QED) is 0.730. The number of carboxylic acid groups (broad SMARTS) is 1. The molecule has 0 unspecified atom stereocenters. The fourth-order valence-electron chi connectivity index (χ4n) is 2.80. The highest BCUT2D eigenvalue weighted by Crippen LogP contribution is 2.44. The highest BCUT2D eigenvalue weighted by atomic mass is 35.5. The molecular weight excluding hydrogens is 403 g/mol. The van der Waals surface area contributed by atoms with E-state index in [1.165, 1.54) is 6.92 Å². The molecule has 0 radical (unpaired) electrons. The number of benzene rings is 1. The van der Waals surface area contributed by atoms with E-state index in [1.54, 1.807) is 11.0 Å². The van der Waals surface area contributed by atoms with Gasteiger partial charge in [0, 0.05) is 6.54 Å². The van der Waals surface area contributed by atoms with E-state index in [9.17, 15) is 20.1 Å². The molecule has 1 heterocycles. The van der Waals surface area contributed by atoms with Gasteiger partial charge >= 0.3 is 5.97 Å². The largest absolute Gasteiger partial charge is 0.480 e. The number of aliphatic carboxylic acids is 1. The maximum Gasteiger partial charge on any atom is 0.325 e. The number of nitriles is 2. The Labute approximate surface area is 164 Å². The summed E-state index contributed by atoms with van der Waals surface area (Å²) in [5, 5.41) is 29.7. The average molecular weight is 416 g/mol. The third-order valence-electron chi connectivity index (χ3n) is 4.09. The van der Waals surface area contributed by atoms with Crippen LogP contribution in [0.2, 0.25) is 15.1 Å². The van der Waals surface area contributed by atoms with Crippen LogP contribution in [-0.4, -0.2) is 35.6 Å². The Morgan fingerprint density at radius 1 is 1.19 bits per heavy atom. The Morgan fingerprint density at radius 2 is 1.81 bits per heavy atom. The number of nitrogens with one attached hydrogen (secondary N) is 1. The first-order valence-corrected chi connectivity index (χ1v) is 8.68. The third kappa shape index (κ3) is 3.52. The van der Waals surface area contributed by atoms with Gasteiger partial charge in [0.05, 0.1) is 31.9 Å². The van der Waals surface area contributed by atoms with Crippen LogP contribution >= 0.6 is 34.8 Å². The minimum Gasteiger partial charge on any atom is -0.480 e. The number of carbonyl (C=O) groups excluding carboxylic acids is 1. The summed E-state index contributed by atoms with van der Waals surface area (Å²) in [5.41, 5.74) is 0.00530. The van der Waals surface area contributed by atoms with Crippen LogP contribution in [0.5, 0.6) is 0 Å². The average Bonchev–Trinajstić information content (AvgIpc) is 3.07. The summed E-state index contributed by atoms with van der Waals surface area (Å²) in [5.74, 6) is -1.67. The Balaban J connectivity index is 2.51.